The molecule has 0 aliphatic carbocycles. The molecule has 0 fully saturated rings. The van der Waals surface area contributed by atoms with E-state index in [1.165, 1.54) is 0 Å². The van der Waals surface area contributed by atoms with Gasteiger partial charge in [0, 0.05) is 20.3 Å². The Bertz CT molecular complexity index is 425. The van der Waals surface area contributed by atoms with Crippen LogP contribution in [0, 0.1) is 5.92 Å². The van der Waals surface area contributed by atoms with E-state index in [9.17, 15) is 4.79 Å². The van der Waals surface area contributed by atoms with E-state index in [0.717, 1.165) is 26.0 Å². The van der Waals surface area contributed by atoms with Crippen LogP contribution < -0.4 is 10.1 Å². The van der Waals surface area contributed by atoms with Gasteiger partial charge in [0.1, 0.15) is 5.75 Å². The third-order valence-electron chi connectivity index (χ3n) is 3.31. The molecule has 20 heavy (non-hydrogen) atoms. The van der Waals surface area contributed by atoms with Crippen LogP contribution in [0.4, 0.5) is 0 Å². The minimum atomic E-state index is -0.0719. The highest BCUT2D eigenvalue weighted by molar-refractivity contribution is 6.01. The van der Waals surface area contributed by atoms with E-state index in [2.05, 4.69) is 5.32 Å². The van der Waals surface area contributed by atoms with E-state index in [1.54, 1.807) is 7.11 Å². The highest BCUT2D eigenvalue weighted by atomic mass is 35.5. The summed E-state index contributed by atoms with van der Waals surface area (Å²) in [6.07, 6.45) is 2.10. The number of halogens is 1. The summed E-state index contributed by atoms with van der Waals surface area (Å²) in [6, 6.07) is 7.45. The Kier molecular flexibility index (Phi) is 7.59. The van der Waals surface area contributed by atoms with Crippen LogP contribution in [0.1, 0.15) is 23.2 Å². The number of para-hydroxylation sites is 1. The maximum atomic E-state index is 12.2. The first-order valence-electron chi connectivity index (χ1n) is 6.78. The number of ketones is 1. The Morgan fingerprint density at radius 2 is 2.15 bits per heavy atom. The highest BCUT2D eigenvalue weighted by Gasteiger charge is 2.27. The second kappa shape index (κ2) is 8.95. The molecule has 0 spiro atoms. The molecular weight excluding hydrogens is 278 g/mol. The molecule has 5 heteroatoms. The number of hydrogen-bond acceptors (Lipinski definition) is 4. The molecule has 0 bridgehead atoms. The molecule has 0 saturated carbocycles. The molecule has 4 nitrogen and oxygen atoms in total. The Balaban J connectivity index is 0.00000200. The monoisotopic (exact) mass is 299 g/mol. The number of unbranched alkanes of at least 4 members (excludes halogenated alkanes) is 1. The summed E-state index contributed by atoms with van der Waals surface area (Å²) >= 11 is 0. The van der Waals surface area contributed by atoms with E-state index in [0.29, 0.717) is 24.5 Å². The van der Waals surface area contributed by atoms with Gasteiger partial charge in [0.25, 0.3) is 0 Å². The van der Waals surface area contributed by atoms with E-state index in [1.807, 2.05) is 24.3 Å². The molecule has 0 saturated heterocycles. The SMILES string of the molecule is COCCCCNCC1COc2ccccc2C1=O.Cl. The standard InChI is InChI=1S/C15H21NO3.ClH/c1-18-9-5-4-8-16-10-12-11-19-14-7-3-2-6-13(14)15(12)17;/h2-3,6-7,12,16H,4-5,8-11H2,1H3;1H. The number of hydrogen-bond donors (Lipinski definition) is 1. The van der Waals surface area contributed by atoms with Crippen molar-refractivity contribution in [3.63, 3.8) is 0 Å². The van der Waals surface area contributed by atoms with Gasteiger partial charge in [0.05, 0.1) is 18.1 Å². The number of benzene rings is 1. The van der Waals surface area contributed by atoms with Crippen LogP contribution >= 0.6 is 12.4 Å². The van der Waals surface area contributed by atoms with Crippen LogP contribution in [-0.4, -0.2) is 39.2 Å². The minimum Gasteiger partial charge on any atom is -0.492 e. The molecule has 1 heterocycles. The summed E-state index contributed by atoms with van der Waals surface area (Å²) in [5.74, 6) is 0.826. The summed E-state index contributed by atoms with van der Waals surface area (Å²) in [5.41, 5.74) is 0.708. The van der Waals surface area contributed by atoms with Gasteiger partial charge in [-0.25, -0.2) is 0 Å². The van der Waals surface area contributed by atoms with Gasteiger partial charge >= 0.3 is 0 Å². The molecule has 1 aliphatic rings. The zero-order valence-electron chi connectivity index (χ0n) is 11.8. The van der Waals surface area contributed by atoms with E-state index in [4.69, 9.17) is 9.47 Å². The first-order valence-corrected chi connectivity index (χ1v) is 6.78. The number of methoxy groups -OCH3 is 1. The first-order chi connectivity index (χ1) is 9.33. The van der Waals surface area contributed by atoms with Crippen LogP contribution in [0.15, 0.2) is 24.3 Å². The second-order valence-electron chi connectivity index (χ2n) is 4.77. The van der Waals surface area contributed by atoms with Crippen molar-refractivity contribution in [2.24, 2.45) is 5.92 Å². The normalized spacial score (nSPS) is 17.1. The summed E-state index contributed by atoms with van der Waals surface area (Å²) in [5, 5.41) is 3.32. The fraction of sp³-hybridized carbons (Fsp3) is 0.533. The van der Waals surface area contributed by atoms with E-state index < -0.39 is 0 Å². The largest absolute Gasteiger partial charge is 0.492 e. The topological polar surface area (TPSA) is 47.6 Å². The number of Topliss-reactive ketones (excluding diaryl/α,β-unsaturated/α-hetero) is 1. The fourth-order valence-electron chi connectivity index (χ4n) is 2.21. The summed E-state index contributed by atoms with van der Waals surface area (Å²) in [6.45, 7) is 2.86. The fourth-order valence-corrected chi connectivity index (χ4v) is 2.21. The molecule has 1 atom stereocenters. The van der Waals surface area contributed by atoms with Crippen LogP contribution in [0.5, 0.6) is 5.75 Å². The third-order valence-corrected chi connectivity index (χ3v) is 3.31. The second-order valence-corrected chi connectivity index (χ2v) is 4.77. The van der Waals surface area contributed by atoms with Gasteiger partial charge in [-0.2, -0.15) is 0 Å². The molecule has 2 rings (SSSR count). The van der Waals surface area contributed by atoms with Crippen LogP contribution in [0.2, 0.25) is 0 Å². The first kappa shape index (κ1) is 17.0. The van der Waals surface area contributed by atoms with Crippen molar-refractivity contribution in [3.8, 4) is 5.75 Å². The molecule has 1 unspecified atom stereocenters. The van der Waals surface area contributed by atoms with Gasteiger partial charge in [-0.3, -0.25) is 4.79 Å². The lowest BCUT2D eigenvalue weighted by Gasteiger charge is -2.24. The van der Waals surface area contributed by atoms with Crippen molar-refractivity contribution in [1.29, 1.82) is 0 Å². The Hall–Kier alpha value is -1.10. The highest BCUT2D eigenvalue weighted by Crippen LogP contribution is 2.26. The minimum absolute atomic E-state index is 0. The van der Waals surface area contributed by atoms with Gasteiger partial charge in [-0.15, -0.1) is 12.4 Å². The molecule has 1 aliphatic heterocycles. The van der Waals surface area contributed by atoms with Gasteiger partial charge in [0.2, 0.25) is 0 Å². The lowest BCUT2D eigenvalue weighted by atomic mass is 9.95. The van der Waals surface area contributed by atoms with Crippen molar-refractivity contribution in [3.05, 3.63) is 29.8 Å². The molecule has 0 radical (unpaired) electrons. The van der Waals surface area contributed by atoms with Crippen molar-refractivity contribution in [2.45, 2.75) is 12.8 Å². The van der Waals surface area contributed by atoms with Crippen molar-refractivity contribution >= 4 is 18.2 Å². The van der Waals surface area contributed by atoms with Crippen LogP contribution in [-0.2, 0) is 4.74 Å². The molecule has 1 aromatic rings. The summed E-state index contributed by atoms with van der Waals surface area (Å²) in [7, 11) is 1.71. The summed E-state index contributed by atoms with van der Waals surface area (Å²) in [4.78, 5) is 12.2. The third kappa shape index (κ3) is 4.47. The zero-order chi connectivity index (χ0) is 13.5. The van der Waals surface area contributed by atoms with Crippen molar-refractivity contribution < 1.29 is 14.3 Å². The number of carbonyl (C=O) groups is 1. The number of fused-ring (bicyclic) bond motifs is 1. The number of carbonyl (C=O) groups excluding carboxylic acids is 1. The molecule has 1 aromatic carbocycles. The van der Waals surface area contributed by atoms with Crippen molar-refractivity contribution in [2.75, 3.05) is 33.4 Å². The molecular formula is C15H22ClNO3. The predicted molar refractivity (Wildman–Crippen MR) is 81.0 cm³/mol. The van der Waals surface area contributed by atoms with Gasteiger partial charge in [-0.1, -0.05) is 12.1 Å². The number of nitrogens with one attached hydrogen (secondary N) is 1. The van der Waals surface area contributed by atoms with Gasteiger partial charge < -0.3 is 14.8 Å². The molecule has 112 valence electrons. The number of ether oxygens (including phenoxy) is 2. The lowest BCUT2D eigenvalue weighted by Crippen LogP contribution is -2.36. The van der Waals surface area contributed by atoms with Crippen LogP contribution in [0.3, 0.4) is 0 Å². The predicted octanol–water partition coefficient (Wildman–Crippen LogP) is 2.32. The Morgan fingerprint density at radius 3 is 2.95 bits per heavy atom. The van der Waals surface area contributed by atoms with Crippen LogP contribution in [0.25, 0.3) is 0 Å². The van der Waals surface area contributed by atoms with E-state index >= 15 is 0 Å². The molecule has 1 N–H and O–H groups in total. The number of rotatable bonds is 7. The maximum absolute atomic E-state index is 12.2. The quantitative estimate of drug-likeness (QED) is 0.785. The van der Waals surface area contributed by atoms with Crippen molar-refractivity contribution in [1.82, 2.24) is 5.32 Å². The molecule has 0 amide bonds. The molecule has 0 aromatic heterocycles. The van der Waals surface area contributed by atoms with Gasteiger partial charge in [-0.05, 0) is 31.5 Å². The Labute approximate surface area is 126 Å². The van der Waals surface area contributed by atoms with Gasteiger partial charge in [0.15, 0.2) is 5.78 Å². The average Bonchev–Trinajstić information content (AvgIpc) is 2.45. The summed E-state index contributed by atoms with van der Waals surface area (Å²) < 4.78 is 10.6. The van der Waals surface area contributed by atoms with E-state index in [-0.39, 0.29) is 24.1 Å². The Morgan fingerprint density at radius 1 is 1.35 bits per heavy atom. The lowest BCUT2D eigenvalue weighted by molar-refractivity contribution is 0.0829. The average molecular weight is 300 g/mol. The zero-order valence-corrected chi connectivity index (χ0v) is 12.6. The smallest absolute Gasteiger partial charge is 0.174 e. The maximum Gasteiger partial charge on any atom is 0.174 e.